The van der Waals surface area contributed by atoms with E-state index >= 15 is 0 Å². The molecule has 0 N–H and O–H groups in total. The van der Waals surface area contributed by atoms with E-state index in [4.69, 9.17) is 6.42 Å². The first-order valence-electron chi connectivity index (χ1n) is 5.53. The number of terminal acetylenes is 1. The van der Waals surface area contributed by atoms with Gasteiger partial charge in [-0.15, -0.1) is 12.3 Å². The van der Waals surface area contributed by atoms with Gasteiger partial charge in [-0.3, -0.25) is 0 Å². The molecule has 1 aliphatic rings. The summed E-state index contributed by atoms with van der Waals surface area (Å²) in [6.45, 7) is 4.90. The van der Waals surface area contributed by atoms with Crippen LogP contribution >= 0.6 is 0 Å². The highest BCUT2D eigenvalue weighted by Crippen LogP contribution is 2.15. The first-order chi connectivity index (χ1) is 6.72. The average molecular weight is 194 g/mol. The van der Waals surface area contributed by atoms with Crippen LogP contribution in [-0.2, 0) is 0 Å². The van der Waals surface area contributed by atoms with E-state index in [1.165, 1.54) is 26.1 Å². The number of nitrogens with zero attached hydrogens (tertiary/aromatic N) is 2. The third kappa shape index (κ3) is 4.13. The smallest absolute Gasteiger partial charge is 0.00982 e. The van der Waals surface area contributed by atoms with Crippen LogP contribution in [0.3, 0.4) is 0 Å². The summed E-state index contributed by atoms with van der Waals surface area (Å²) in [7, 11) is 4.41. The molecule has 0 spiro atoms. The van der Waals surface area contributed by atoms with Crippen molar-refractivity contribution in [3.63, 3.8) is 0 Å². The Labute approximate surface area is 88.3 Å². The second-order valence-electron chi connectivity index (χ2n) is 4.49. The quantitative estimate of drug-likeness (QED) is 0.480. The van der Waals surface area contributed by atoms with Gasteiger partial charge in [0.2, 0.25) is 0 Å². The lowest BCUT2D eigenvalue weighted by molar-refractivity contribution is 0.272. The van der Waals surface area contributed by atoms with Crippen molar-refractivity contribution in [3.05, 3.63) is 0 Å². The molecule has 0 aromatic heterocycles. The molecule has 0 radical (unpaired) electrons. The molecule has 1 rings (SSSR count). The molecule has 14 heavy (non-hydrogen) atoms. The molecular weight excluding hydrogens is 172 g/mol. The normalized spacial score (nSPS) is 22.9. The molecular formula is C12H22N2. The molecule has 0 amide bonds. The number of unbranched alkanes of at least 4 members (excludes halogenated alkanes) is 1. The van der Waals surface area contributed by atoms with Crippen molar-refractivity contribution in [2.24, 2.45) is 5.92 Å². The SMILES string of the molecule is C#CCCCN(C)CC1CCN(C)C1. The summed E-state index contributed by atoms with van der Waals surface area (Å²) < 4.78 is 0. The maximum Gasteiger partial charge on any atom is 0.00982 e. The molecule has 1 aliphatic heterocycles. The molecule has 1 unspecified atom stereocenters. The topological polar surface area (TPSA) is 6.48 Å². The molecule has 2 heteroatoms. The molecule has 0 bridgehead atoms. The van der Waals surface area contributed by atoms with Gasteiger partial charge in [-0.2, -0.15) is 0 Å². The predicted octanol–water partition coefficient (Wildman–Crippen LogP) is 1.28. The Hall–Kier alpha value is -0.520. The van der Waals surface area contributed by atoms with E-state index in [-0.39, 0.29) is 0 Å². The van der Waals surface area contributed by atoms with Crippen molar-refractivity contribution in [1.82, 2.24) is 9.80 Å². The number of hydrogen-bond donors (Lipinski definition) is 0. The lowest BCUT2D eigenvalue weighted by Gasteiger charge is -2.20. The first kappa shape index (κ1) is 11.6. The molecule has 80 valence electrons. The summed E-state index contributed by atoms with van der Waals surface area (Å²) >= 11 is 0. The Morgan fingerprint density at radius 2 is 2.36 bits per heavy atom. The summed E-state index contributed by atoms with van der Waals surface area (Å²) in [6, 6.07) is 0. The van der Waals surface area contributed by atoms with Crippen molar-refractivity contribution < 1.29 is 0 Å². The number of likely N-dealkylation sites (tertiary alicyclic amines) is 1. The Balaban J connectivity index is 2.08. The van der Waals surface area contributed by atoms with Gasteiger partial charge in [0.05, 0.1) is 0 Å². The van der Waals surface area contributed by atoms with Gasteiger partial charge in [0.1, 0.15) is 0 Å². The van der Waals surface area contributed by atoms with Gasteiger partial charge in [-0.1, -0.05) is 0 Å². The van der Waals surface area contributed by atoms with Crippen LogP contribution in [0.15, 0.2) is 0 Å². The van der Waals surface area contributed by atoms with Crippen LogP contribution in [0.25, 0.3) is 0 Å². The van der Waals surface area contributed by atoms with Crippen molar-refractivity contribution >= 4 is 0 Å². The molecule has 0 aliphatic carbocycles. The highest BCUT2D eigenvalue weighted by atomic mass is 15.1. The van der Waals surface area contributed by atoms with Gasteiger partial charge >= 0.3 is 0 Å². The maximum atomic E-state index is 5.22. The van der Waals surface area contributed by atoms with Gasteiger partial charge in [0.15, 0.2) is 0 Å². The standard InChI is InChI=1S/C12H22N2/c1-4-5-6-8-13(2)10-12-7-9-14(3)11-12/h1,12H,5-11H2,2-3H3. The first-order valence-corrected chi connectivity index (χ1v) is 5.53. The molecule has 1 heterocycles. The van der Waals surface area contributed by atoms with E-state index in [0.29, 0.717) is 0 Å². The monoisotopic (exact) mass is 194 g/mol. The summed E-state index contributed by atoms with van der Waals surface area (Å²) in [5, 5.41) is 0. The van der Waals surface area contributed by atoms with Crippen molar-refractivity contribution in [2.45, 2.75) is 19.3 Å². The van der Waals surface area contributed by atoms with Gasteiger partial charge < -0.3 is 9.80 Å². The zero-order valence-corrected chi connectivity index (χ0v) is 9.50. The molecule has 0 aromatic carbocycles. The summed E-state index contributed by atoms with van der Waals surface area (Å²) in [5.74, 6) is 3.56. The molecule has 1 atom stereocenters. The van der Waals surface area contributed by atoms with E-state index in [9.17, 15) is 0 Å². The number of hydrogen-bond acceptors (Lipinski definition) is 2. The molecule has 0 saturated carbocycles. The molecule has 0 aromatic rings. The Morgan fingerprint density at radius 1 is 1.57 bits per heavy atom. The summed E-state index contributed by atoms with van der Waals surface area (Å²) in [6.07, 6.45) is 8.62. The minimum absolute atomic E-state index is 0.871. The van der Waals surface area contributed by atoms with Gasteiger partial charge in [-0.05, 0) is 45.9 Å². The summed E-state index contributed by atoms with van der Waals surface area (Å²) in [5.41, 5.74) is 0. The fourth-order valence-electron chi connectivity index (χ4n) is 2.16. The van der Waals surface area contributed by atoms with Gasteiger partial charge in [-0.25, -0.2) is 0 Å². The fraction of sp³-hybridized carbons (Fsp3) is 0.833. The van der Waals surface area contributed by atoms with Crippen molar-refractivity contribution in [2.75, 3.05) is 40.3 Å². The van der Waals surface area contributed by atoms with Crippen LogP contribution in [0, 0.1) is 18.3 Å². The minimum Gasteiger partial charge on any atom is -0.306 e. The highest BCUT2D eigenvalue weighted by molar-refractivity contribution is 4.83. The molecule has 2 nitrogen and oxygen atoms in total. The minimum atomic E-state index is 0.871. The molecule has 1 fully saturated rings. The lowest BCUT2D eigenvalue weighted by atomic mass is 10.1. The fourth-order valence-corrected chi connectivity index (χ4v) is 2.16. The van der Waals surface area contributed by atoms with Crippen LogP contribution in [0.2, 0.25) is 0 Å². The Bertz CT molecular complexity index is 195. The lowest BCUT2D eigenvalue weighted by Crippen LogP contribution is -2.28. The molecule has 1 saturated heterocycles. The highest BCUT2D eigenvalue weighted by Gasteiger charge is 2.20. The third-order valence-corrected chi connectivity index (χ3v) is 2.92. The summed E-state index contributed by atoms with van der Waals surface area (Å²) in [4.78, 5) is 4.83. The second kappa shape index (κ2) is 6.06. The predicted molar refractivity (Wildman–Crippen MR) is 61.2 cm³/mol. The largest absolute Gasteiger partial charge is 0.306 e. The van der Waals surface area contributed by atoms with E-state index in [2.05, 4.69) is 29.8 Å². The van der Waals surface area contributed by atoms with E-state index in [1.54, 1.807) is 0 Å². The average Bonchev–Trinajstić information content (AvgIpc) is 2.52. The van der Waals surface area contributed by atoms with Crippen molar-refractivity contribution in [3.8, 4) is 12.3 Å². The van der Waals surface area contributed by atoms with Crippen LogP contribution < -0.4 is 0 Å². The third-order valence-electron chi connectivity index (χ3n) is 2.92. The Morgan fingerprint density at radius 3 is 2.93 bits per heavy atom. The van der Waals surface area contributed by atoms with Crippen LogP contribution in [0.5, 0.6) is 0 Å². The van der Waals surface area contributed by atoms with Crippen LogP contribution in [0.4, 0.5) is 0 Å². The van der Waals surface area contributed by atoms with E-state index in [1.807, 2.05) is 0 Å². The van der Waals surface area contributed by atoms with Crippen molar-refractivity contribution in [1.29, 1.82) is 0 Å². The van der Waals surface area contributed by atoms with Gasteiger partial charge in [0.25, 0.3) is 0 Å². The number of rotatable bonds is 5. The Kier molecular flexibility index (Phi) is 5.00. The van der Waals surface area contributed by atoms with E-state index in [0.717, 1.165) is 25.3 Å². The maximum absolute atomic E-state index is 5.22. The van der Waals surface area contributed by atoms with Crippen LogP contribution in [-0.4, -0.2) is 50.1 Å². The second-order valence-corrected chi connectivity index (χ2v) is 4.49. The van der Waals surface area contributed by atoms with Gasteiger partial charge in [0, 0.05) is 19.5 Å². The zero-order chi connectivity index (χ0) is 10.4. The zero-order valence-electron chi connectivity index (χ0n) is 9.50. The van der Waals surface area contributed by atoms with E-state index < -0.39 is 0 Å². The van der Waals surface area contributed by atoms with Crippen LogP contribution in [0.1, 0.15) is 19.3 Å².